The Bertz CT molecular complexity index is 1020. The van der Waals surface area contributed by atoms with Crippen molar-refractivity contribution >= 4 is 33.2 Å². The van der Waals surface area contributed by atoms with Gasteiger partial charge in [-0.2, -0.15) is 4.31 Å². The van der Waals surface area contributed by atoms with Crippen molar-refractivity contribution in [3.05, 3.63) is 64.7 Å². The average molecular weight is 478 g/mol. The number of nitrogens with one attached hydrogen (secondary N) is 1. The second-order valence-corrected chi connectivity index (χ2v) is 11.1. The molecule has 0 aliphatic carbocycles. The van der Waals surface area contributed by atoms with Gasteiger partial charge < -0.3 is 10.2 Å². The molecule has 0 bridgehead atoms. The summed E-state index contributed by atoms with van der Waals surface area (Å²) in [5.74, 6) is 0.425. The number of hydrogen-bond acceptors (Lipinski definition) is 4. The molecule has 0 saturated carbocycles. The van der Waals surface area contributed by atoms with Crippen molar-refractivity contribution in [2.45, 2.75) is 39.3 Å². The first-order chi connectivity index (χ1) is 15.1. The van der Waals surface area contributed by atoms with E-state index in [1.165, 1.54) is 18.5 Å². The Morgan fingerprint density at radius 3 is 2.38 bits per heavy atom. The lowest BCUT2D eigenvalue weighted by atomic mass is 9.98. The largest absolute Gasteiger partial charge is 0.372 e. The van der Waals surface area contributed by atoms with Crippen LogP contribution in [0.1, 0.15) is 43.9 Å². The van der Waals surface area contributed by atoms with Crippen molar-refractivity contribution in [3.8, 4) is 0 Å². The molecule has 174 valence electrons. The molecule has 0 spiro atoms. The summed E-state index contributed by atoms with van der Waals surface area (Å²) in [7, 11) is -3.59. The highest BCUT2D eigenvalue weighted by Gasteiger charge is 2.23. The SMILES string of the molecule is CC1CCN(c2ccc(C(C)NC(=O)CN(Cc3ccccc3Cl)S(C)(=O)=O)cc2)CC1. The number of carbonyl (C=O) groups excluding carboxylic acids is 1. The highest BCUT2D eigenvalue weighted by molar-refractivity contribution is 7.88. The fraction of sp³-hybridized carbons (Fsp3) is 0.458. The van der Waals surface area contributed by atoms with E-state index in [2.05, 4.69) is 29.3 Å². The van der Waals surface area contributed by atoms with Gasteiger partial charge in [-0.3, -0.25) is 4.79 Å². The minimum atomic E-state index is -3.59. The van der Waals surface area contributed by atoms with Gasteiger partial charge in [0, 0.05) is 30.3 Å². The molecule has 2 aromatic rings. The van der Waals surface area contributed by atoms with Gasteiger partial charge in [-0.25, -0.2) is 8.42 Å². The second-order valence-electron chi connectivity index (χ2n) is 8.67. The molecule has 0 aromatic heterocycles. The third-order valence-electron chi connectivity index (χ3n) is 6.01. The quantitative estimate of drug-likeness (QED) is 0.618. The maximum absolute atomic E-state index is 12.6. The predicted octanol–water partition coefficient (Wildman–Crippen LogP) is 4.22. The minimum absolute atomic E-state index is 0.0451. The van der Waals surface area contributed by atoms with E-state index in [9.17, 15) is 13.2 Å². The summed E-state index contributed by atoms with van der Waals surface area (Å²) in [6, 6.07) is 15.0. The third kappa shape index (κ3) is 6.70. The van der Waals surface area contributed by atoms with Gasteiger partial charge >= 0.3 is 0 Å². The molecular formula is C24H32ClN3O3S. The lowest BCUT2D eigenvalue weighted by molar-refractivity contribution is -0.122. The van der Waals surface area contributed by atoms with Gasteiger partial charge in [-0.1, -0.05) is 48.9 Å². The Balaban J connectivity index is 1.60. The molecule has 2 aromatic carbocycles. The number of sulfonamides is 1. The van der Waals surface area contributed by atoms with Crippen LogP contribution in [0.3, 0.4) is 0 Å². The Labute approximate surface area is 196 Å². The lowest BCUT2D eigenvalue weighted by Gasteiger charge is -2.32. The monoisotopic (exact) mass is 477 g/mol. The zero-order valence-corrected chi connectivity index (χ0v) is 20.5. The zero-order valence-electron chi connectivity index (χ0n) is 18.9. The highest BCUT2D eigenvalue weighted by atomic mass is 35.5. The van der Waals surface area contributed by atoms with Crippen LogP contribution in [-0.2, 0) is 21.4 Å². The van der Waals surface area contributed by atoms with Crippen molar-refractivity contribution in [2.75, 3.05) is 30.8 Å². The van der Waals surface area contributed by atoms with E-state index in [1.807, 2.05) is 19.1 Å². The summed E-state index contributed by atoms with van der Waals surface area (Å²) in [6.07, 6.45) is 3.51. The van der Waals surface area contributed by atoms with Crippen LogP contribution in [0.15, 0.2) is 48.5 Å². The van der Waals surface area contributed by atoms with Crippen LogP contribution in [0, 0.1) is 5.92 Å². The van der Waals surface area contributed by atoms with Crippen molar-refractivity contribution in [2.24, 2.45) is 5.92 Å². The number of benzene rings is 2. The second kappa shape index (κ2) is 10.7. The molecule has 1 heterocycles. The fourth-order valence-electron chi connectivity index (χ4n) is 3.88. The highest BCUT2D eigenvalue weighted by Crippen LogP contribution is 2.25. The van der Waals surface area contributed by atoms with Crippen LogP contribution >= 0.6 is 11.6 Å². The molecule has 0 radical (unpaired) electrons. The Morgan fingerprint density at radius 2 is 1.78 bits per heavy atom. The van der Waals surface area contributed by atoms with Crippen LogP contribution in [-0.4, -0.2) is 44.5 Å². The zero-order chi connectivity index (χ0) is 23.3. The van der Waals surface area contributed by atoms with E-state index < -0.39 is 10.0 Å². The van der Waals surface area contributed by atoms with E-state index in [4.69, 9.17) is 11.6 Å². The van der Waals surface area contributed by atoms with Gasteiger partial charge in [0.1, 0.15) is 0 Å². The van der Waals surface area contributed by atoms with E-state index in [0.29, 0.717) is 10.6 Å². The molecule has 1 N–H and O–H groups in total. The van der Waals surface area contributed by atoms with Crippen LogP contribution in [0.2, 0.25) is 5.02 Å². The van der Waals surface area contributed by atoms with Gasteiger partial charge in [0.2, 0.25) is 15.9 Å². The number of anilines is 1. The summed E-state index contributed by atoms with van der Waals surface area (Å²) < 4.78 is 25.6. The molecule has 32 heavy (non-hydrogen) atoms. The van der Waals surface area contributed by atoms with E-state index in [1.54, 1.807) is 24.3 Å². The number of carbonyl (C=O) groups is 1. The van der Waals surface area contributed by atoms with E-state index >= 15 is 0 Å². The fourth-order valence-corrected chi connectivity index (χ4v) is 4.80. The molecular weight excluding hydrogens is 446 g/mol. The number of halogens is 1. The molecule has 1 aliphatic rings. The topological polar surface area (TPSA) is 69.7 Å². The first-order valence-corrected chi connectivity index (χ1v) is 13.2. The minimum Gasteiger partial charge on any atom is -0.372 e. The maximum Gasteiger partial charge on any atom is 0.235 e. The number of rotatable bonds is 8. The first-order valence-electron chi connectivity index (χ1n) is 11.0. The van der Waals surface area contributed by atoms with Crippen molar-refractivity contribution in [1.29, 1.82) is 0 Å². The van der Waals surface area contributed by atoms with Crippen LogP contribution in [0.5, 0.6) is 0 Å². The van der Waals surface area contributed by atoms with Gasteiger partial charge in [0.25, 0.3) is 0 Å². The Morgan fingerprint density at radius 1 is 1.16 bits per heavy atom. The molecule has 8 heteroatoms. The van der Waals surface area contributed by atoms with Gasteiger partial charge in [-0.15, -0.1) is 0 Å². The van der Waals surface area contributed by atoms with Crippen molar-refractivity contribution in [3.63, 3.8) is 0 Å². The molecule has 3 rings (SSSR count). The number of nitrogens with zero attached hydrogens (tertiary/aromatic N) is 2. The maximum atomic E-state index is 12.6. The summed E-state index contributed by atoms with van der Waals surface area (Å²) in [5.41, 5.74) is 2.83. The Hall–Kier alpha value is -2.09. The van der Waals surface area contributed by atoms with Gasteiger partial charge in [-0.05, 0) is 55.0 Å². The molecule has 1 amide bonds. The number of piperidine rings is 1. The van der Waals surface area contributed by atoms with Gasteiger partial charge in [0.15, 0.2) is 0 Å². The summed E-state index contributed by atoms with van der Waals surface area (Å²) in [4.78, 5) is 15.0. The standard InChI is InChI=1S/C24H32ClN3O3S/c1-18-12-14-27(15-13-18)22-10-8-20(9-11-22)19(2)26-24(29)17-28(32(3,30)31)16-21-6-4-5-7-23(21)25/h4-11,18-19H,12-17H2,1-3H3,(H,26,29). The lowest BCUT2D eigenvalue weighted by Crippen LogP contribution is -2.40. The van der Waals surface area contributed by atoms with Crippen molar-refractivity contribution < 1.29 is 13.2 Å². The smallest absolute Gasteiger partial charge is 0.235 e. The van der Waals surface area contributed by atoms with Crippen LogP contribution < -0.4 is 10.2 Å². The summed E-state index contributed by atoms with van der Waals surface area (Å²) >= 11 is 6.17. The normalized spacial score (nSPS) is 16.2. The van der Waals surface area contributed by atoms with E-state index in [0.717, 1.165) is 35.1 Å². The third-order valence-corrected chi connectivity index (χ3v) is 7.58. The molecule has 1 atom stereocenters. The van der Waals surface area contributed by atoms with Gasteiger partial charge in [0.05, 0.1) is 18.8 Å². The molecule has 1 aliphatic heterocycles. The average Bonchev–Trinajstić information content (AvgIpc) is 2.74. The van der Waals surface area contributed by atoms with Crippen LogP contribution in [0.25, 0.3) is 0 Å². The molecule has 6 nitrogen and oxygen atoms in total. The molecule has 1 fully saturated rings. The summed E-state index contributed by atoms with van der Waals surface area (Å²) in [6.45, 7) is 6.11. The van der Waals surface area contributed by atoms with Crippen LogP contribution in [0.4, 0.5) is 5.69 Å². The summed E-state index contributed by atoms with van der Waals surface area (Å²) in [5, 5.41) is 3.38. The van der Waals surface area contributed by atoms with E-state index in [-0.39, 0.29) is 25.0 Å². The first kappa shape index (κ1) is 24.6. The molecule has 1 unspecified atom stereocenters. The van der Waals surface area contributed by atoms with Crippen molar-refractivity contribution in [1.82, 2.24) is 9.62 Å². The number of hydrogen-bond donors (Lipinski definition) is 1. The predicted molar refractivity (Wildman–Crippen MR) is 130 cm³/mol. The molecule has 1 saturated heterocycles. The Kier molecular flexibility index (Phi) is 8.20. The number of amides is 1.